The first-order valence-electron chi connectivity index (χ1n) is 22.8. The second kappa shape index (κ2) is 12.1. The fourth-order valence-corrected chi connectivity index (χ4v) is 14.0. The van der Waals surface area contributed by atoms with E-state index in [2.05, 4.69) is 192 Å². The Morgan fingerprint density at radius 1 is 0.403 bits per heavy atom. The lowest BCUT2D eigenvalue weighted by atomic mass is 9.31. The van der Waals surface area contributed by atoms with Crippen molar-refractivity contribution < 1.29 is 0 Å². The molecule has 0 bridgehead atoms. The van der Waals surface area contributed by atoms with Crippen molar-refractivity contribution in [2.24, 2.45) is 0 Å². The fourth-order valence-electron chi connectivity index (χ4n) is 12.8. The van der Waals surface area contributed by atoms with E-state index in [1.165, 1.54) is 132 Å². The van der Waals surface area contributed by atoms with Crippen molar-refractivity contribution in [1.82, 2.24) is 0 Å². The first-order valence-corrected chi connectivity index (χ1v) is 23.6. The van der Waals surface area contributed by atoms with Gasteiger partial charge in [0.05, 0.1) is 5.41 Å². The number of benzene rings is 8. The number of nitrogens with zero attached hydrogens (tertiary/aromatic N) is 1. The van der Waals surface area contributed by atoms with Crippen molar-refractivity contribution in [2.75, 3.05) is 4.81 Å². The maximum atomic E-state index is 2.83. The van der Waals surface area contributed by atoms with Gasteiger partial charge < -0.3 is 4.81 Å². The summed E-state index contributed by atoms with van der Waals surface area (Å²) in [6, 6.07) is 57.9. The van der Waals surface area contributed by atoms with Gasteiger partial charge in [-0.15, -0.1) is 0 Å². The SMILES string of the molecule is CC(C)c1ccc2c(c1)B1c3cc(C(C)C)ccc3-c3ccc4c5c3N1c1c(cc(C(C)C)cc1-2)B5c1cc2c(cc1S4)C1(c3ccccc3-c3ccccc31)c1ccccc1-2. The quantitative estimate of drug-likeness (QED) is 0.164. The molecule has 1 nitrogen and oxygen atoms in total. The highest BCUT2D eigenvalue weighted by atomic mass is 32.2. The molecule has 1 spiro atoms. The van der Waals surface area contributed by atoms with Crippen molar-refractivity contribution in [3.8, 4) is 44.5 Å². The maximum Gasteiger partial charge on any atom is 0.329 e. The van der Waals surface area contributed by atoms with Gasteiger partial charge in [0.2, 0.25) is 6.71 Å². The van der Waals surface area contributed by atoms with Crippen LogP contribution in [0, 0.1) is 0 Å². The second-order valence-corrected chi connectivity index (χ2v) is 20.8. The molecule has 2 aliphatic carbocycles. The number of rotatable bonds is 3. The van der Waals surface area contributed by atoms with E-state index in [9.17, 15) is 0 Å². The van der Waals surface area contributed by atoms with Crippen LogP contribution in [0.15, 0.2) is 155 Å². The minimum atomic E-state index is -0.366. The molecule has 0 unspecified atom stereocenters. The zero-order valence-corrected chi connectivity index (χ0v) is 36.9. The van der Waals surface area contributed by atoms with Crippen LogP contribution in [0.4, 0.5) is 11.4 Å². The summed E-state index contributed by atoms with van der Waals surface area (Å²) >= 11 is 2.01. The summed E-state index contributed by atoms with van der Waals surface area (Å²) < 4.78 is 0. The summed E-state index contributed by atoms with van der Waals surface area (Å²) in [7, 11) is 0. The first-order chi connectivity index (χ1) is 30.2. The van der Waals surface area contributed by atoms with Crippen LogP contribution in [-0.4, -0.2) is 13.6 Å². The van der Waals surface area contributed by atoms with Gasteiger partial charge in [-0.2, -0.15) is 0 Å². The molecule has 0 N–H and O–H groups in total. The molecule has 0 fully saturated rings. The van der Waals surface area contributed by atoms with Crippen molar-refractivity contribution in [1.29, 1.82) is 0 Å². The maximum absolute atomic E-state index is 2.83. The standard InChI is InChI=1S/C58H45B2NS/c1-31(2)34-19-21-40-42-23-24-53-55-57(42)61-56-44(41-22-20-35(32(3)4)27-50(41)60(61)49(40)26-34)25-36(33(5)6)28-52(56)59(55)51-29-43-39-15-9-12-18-47(39)58(48(43)30-54(51)62-53)45-16-10-7-13-37(45)38-14-8-11-17-46(38)58/h7-33H,1-6H3. The predicted molar refractivity (Wildman–Crippen MR) is 265 cm³/mol. The Bertz CT molecular complexity index is 3310. The number of hydrogen-bond donors (Lipinski definition) is 0. The Balaban J connectivity index is 1.10. The van der Waals surface area contributed by atoms with Crippen LogP contribution in [0.1, 0.15) is 98.2 Å². The van der Waals surface area contributed by atoms with Crippen LogP contribution in [-0.2, 0) is 5.41 Å². The topological polar surface area (TPSA) is 3.24 Å². The third-order valence-corrected chi connectivity index (χ3v) is 16.8. The summed E-state index contributed by atoms with van der Waals surface area (Å²) in [4.78, 5) is 5.61. The summed E-state index contributed by atoms with van der Waals surface area (Å²) in [5.41, 5.74) is 30.6. The lowest BCUT2D eigenvalue weighted by Gasteiger charge is -2.50. The van der Waals surface area contributed by atoms with E-state index in [4.69, 9.17) is 0 Å². The van der Waals surface area contributed by atoms with Crippen molar-refractivity contribution in [3.63, 3.8) is 0 Å². The largest absolute Gasteiger partial charge is 0.377 e. The Morgan fingerprint density at radius 2 is 0.935 bits per heavy atom. The lowest BCUT2D eigenvalue weighted by molar-refractivity contribution is 0.791. The summed E-state index contributed by atoms with van der Waals surface area (Å²) in [6.07, 6.45) is 0. The van der Waals surface area contributed by atoms with E-state index in [0.717, 1.165) is 0 Å². The van der Waals surface area contributed by atoms with E-state index >= 15 is 0 Å². The predicted octanol–water partition coefficient (Wildman–Crippen LogP) is 11.6. The van der Waals surface area contributed by atoms with Gasteiger partial charge in [0.15, 0.2) is 0 Å². The molecule has 0 amide bonds. The molecule has 0 atom stereocenters. The van der Waals surface area contributed by atoms with Gasteiger partial charge in [0, 0.05) is 32.3 Å². The zero-order valence-electron chi connectivity index (χ0n) is 36.1. The monoisotopic (exact) mass is 809 g/mol. The summed E-state index contributed by atoms with van der Waals surface area (Å²) in [5, 5.41) is 0. The molecule has 0 aromatic heterocycles. The molecular weight excluding hydrogens is 764 g/mol. The van der Waals surface area contributed by atoms with E-state index in [0.29, 0.717) is 17.8 Å². The Hall–Kier alpha value is -5.96. The van der Waals surface area contributed by atoms with Crippen LogP contribution in [0.5, 0.6) is 0 Å². The van der Waals surface area contributed by atoms with Crippen LogP contribution < -0.4 is 32.1 Å². The summed E-state index contributed by atoms with van der Waals surface area (Å²) in [6.45, 7) is 14.3. The zero-order chi connectivity index (χ0) is 41.5. The molecule has 0 saturated heterocycles. The Morgan fingerprint density at radius 3 is 1.53 bits per heavy atom. The van der Waals surface area contributed by atoms with E-state index in [1.807, 2.05) is 11.8 Å². The third-order valence-electron chi connectivity index (χ3n) is 15.7. The molecule has 4 aliphatic heterocycles. The molecule has 8 aromatic carbocycles. The van der Waals surface area contributed by atoms with E-state index in [1.54, 1.807) is 0 Å². The van der Waals surface area contributed by atoms with Gasteiger partial charge in [-0.3, -0.25) is 0 Å². The second-order valence-electron chi connectivity index (χ2n) is 19.7. The summed E-state index contributed by atoms with van der Waals surface area (Å²) in [5.74, 6) is 1.28. The van der Waals surface area contributed by atoms with Gasteiger partial charge in [-0.25, -0.2) is 0 Å². The average Bonchev–Trinajstić information content (AvgIpc) is 3.75. The van der Waals surface area contributed by atoms with Gasteiger partial charge in [0.25, 0.3) is 0 Å². The van der Waals surface area contributed by atoms with E-state index < -0.39 is 0 Å². The fraction of sp³-hybridized carbons (Fsp3) is 0.172. The van der Waals surface area contributed by atoms with Crippen LogP contribution in [0.25, 0.3) is 44.5 Å². The number of fused-ring (bicyclic) bond motifs is 19. The minimum Gasteiger partial charge on any atom is -0.377 e. The normalized spacial score (nSPS) is 15.3. The highest BCUT2D eigenvalue weighted by Gasteiger charge is 2.55. The average molecular weight is 810 g/mol. The van der Waals surface area contributed by atoms with Crippen molar-refractivity contribution in [3.05, 3.63) is 185 Å². The van der Waals surface area contributed by atoms with Gasteiger partial charge >= 0.3 is 6.85 Å². The van der Waals surface area contributed by atoms with Gasteiger partial charge in [-0.1, -0.05) is 186 Å². The van der Waals surface area contributed by atoms with Crippen LogP contribution in [0.2, 0.25) is 0 Å². The molecule has 6 aliphatic rings. The highest BCUT2D eigenvalue weighted by molar-refractivity contribution is 8.00. The molecule has 0 radical (unpaired) electrons. The number of hydrogen-bond acceptors (Lipinski definition) is 2. The molecule has 294 valence electrons. The van der Waals surface area contributed by atoms with Crippen molar-refractivity contribution >= 4 is 64.0 Å². The molecular formula is C58H45B2NS. The molecule has 8 aromatic rings. The Kier molecular flexibility index (Phi) is 6.98. The molecule has 0 saturated carbocycles. The molecule has 14 rings (SSSR count). The van der Waals surface area contributed by atoms with Crippen LogP contribution in [0.3, 0.4) is 0 Å². The van der Waals surface area contributed by atoms with E-state index in [-0.39, 0.29) is 19.0 Å². The van der Waals surface area contributed by atoms with Crippen molar-refractivity contribution in [2.45, 2.75) is 74.5 Å². The first kappa shape index (κ1) is 35.6. The molecule has 4 heteroatoms. The van der Waals surface area contributed by atoms with Gasteiger partial charge in [0.1, 0.15) is 0 Å². The van der Waals surface area contributed by atoms with Crippen LogP contribution >= 0.6 is 11.8 Å². The highest BCUT2D eigenvalue weighted by Crippen LogP contribution is 2.63. The number of anilines is 2. The smallest absolute Gasteiger partial charge is 0.329 e. The minimum absolute atomic E-state index is 0.0918. The van der Waals surface area contributed by atoms with Gasteiger partial charge in [-0.05, 0) is 130 Å². The third kappa shape index (κ3) is 4.21. The lowest BCUT2D eigenvalue weighted by Crippen LogP contribution is -2.69. The Labute approximate surface area is 370 Å². The molecule has 4 heterocycles. The molecule has 62 heavy (non-hydrogen) atoms.